The smallest absolute Gasteiger partial charge is 0.258 e. The Morgan fingerprint density at radius 2 is 2.14 bits per heavy atom. The van der Waals surface area contributed by atoms with Gasteiger partial charge in [-0.3, -0.25) is 14.7 Å². The fourth-order valence-electron chi connectivity index (χ4n) is 2.70. The van der Waals surface area contributed by atoms with Crippen LogP contribution in [0.5, 0.6) is 0 Å². The van der Waals surface area contributed by atoms with Crippen molar-refractivity contribution in [3.8, 4) is 6.19 Å². The third-order valence-corrected chi connectivity index (χ3v) is 5.37. The van der Waals surface area contributed by atoms with Crippen LogP contribution in [0.3, 0.4) is 0 Å². The predicted molar refractivity (Wildman–Crippen MR) is 86.5 cm³/mol. The monoisotopic (exact) mass is 299 g/mol. The summed E-state index contributed by atoms with van der Waals surface area (Å²) in [5.74, 6) is 0. The van der Waals surface area contributed by atoms with Crippen molar-refractivity contribution in [3.63, 3.8) is 0 Å². The highest BCUT2D eigenvalue weighted by Gasteiger charge is 2.28. The fraction of sp³-hybridized carbons (Fsp3) is 0.267. The standard InChI is InChI=1S/C15H17N3O2Si/c1-5-6-12-13-9-11(18(19)20)7-8-14(13)17(10-16)15(12)21(2,3)4/h5,7-9H,1,6H2,2-4H3. The van der Waals surface area contributed by atoms with Crippen molar-refractivity contribution in [1.82, 2.24) is 4.57 Å². The lowest BCUT2D eigenvalue weighted by atomic mass is 10.1. The molecule has 108 valence electrons. The average Bonchev–Trinajstić information content (AvgIpc) is 2.72. The van der Waals surface area contributed by atoms with Crippen molar-refractivity contribution in [2.24, 2.45) is 0 Å². The van der Waals surface area contributed by atoms with E-state index >= 15 is 0 Å². The van der Waals surface area contributed by atoms with Crippen molar-refractivity contribution < 1.29 is 4.92 Å². The van der Waals surface area contributed by atoms with E-state index in [-0.39, 0.29) is 5.69 Å². The molecule has 6 heteroatoms. The van der Waals surface area contributed by atoms with Gasteiger partial charge in [-0.2, -0.15) is 5.26 Å². The lowest BCUT2D eigenvalue weighted by Gasteiger charge is -2.18. The van der Waals surface area contributed by atoms with Crippen LogP contribution in [-0.4, -0.2) is 17.6 Å². The third-order valence-electron chi connectivity index (χ3n) is 3.43. The molecule has 0 saturated carbocycles. The van der Waals surface area contributed by atoms with Gasteiger partial charge in [0.25, 0.3) is 5.69 Å². The summed E-state index contributed by atoms with van der Waals surface area (Å²) in [6, 6.07) is 4.67. The second-order valence-electron chi connectivity index (χ2n) is 5.96. The highest BCUT2D eigenvalue weighted by atomic mass is 28.3. The zero-order chi connectivity index (χ0) is 15.8. The highest BCUT2D eigenvalue weighted by Crippen LogP contribution is 2.27. The van der Waals surface area contributed by atoms with E-state index in [1.165, 1.54) is 6.07 Å². The number of hydrogen-bond donors (Lipinski definition) is 0. The van der Waals surface area contributed by atoms with Crippen LogP contribution in [0.4, 0.5) is 5.69 Å². The summed E-state index contributed by atoms with van der Waals surface area (Å²) in [4.78, 5) is 10.6. The van der Waals surface area contributed by atoms with Gasteiger partial charge in [0.05, 0.1) is 10.4 Å². The molecule has 0 unspecified atom stereocenters. The van der Waals surface area contributed by atoms with Gasteiger partial charge < -0.3 is 0 Å². The SMILES string of the molecule is C=CCc1c([Si](C)(C)C)n(C#N)c2ccc([N+](=O)[O-])cc12. The van der Waals surface area contributed by atoms with Gasteiger partial charge in [0.15, 0.2) is 6.19 Å². The van der Waals surface area contributed by atoms with Crippen molar-refractivity contribution in [2.75, 3.05) is 0 Å². The van der Waals surface area contributed by atoms with Gasteiger partial charge in [-0.05, 0) is 18.1 Å². The Kier molecular flexibility index (Phi) is 3.70. The Morgan fingerprint density at radius 1 is 1.48 bits per heavy atom. The van der Waals surface area contributed by atoms with E-state index in [1.54, 1.807) is 22.8 Å². The molecule has 0 fully saturated rings. The number of nitro benzene ring substituents is 1. The molecule has 0 radical (unpaired) electrons. The number of nitro groups is 1. The lowest BCUT2D eigenvalue weighted by molar-refractivity contribution is -0.384. The maximum absolute atomic E-state index is 11.0. The molecule has 0 spiro atoms. The molecule has 0 aliphatic rings. The van der Waals surface area contributed by atoms with Crippen LogP contribution in [0.1, 0.15) is 5.56 Å². The minimum atomic E-state index is -1.79. The molecule has 2 aromatic rings. The Bertz CT molecular complexity index is 779. The van der Waals surface area contributed by atoms with E-state index in [0.29, 0.717) is 6.42 Å². The molecule has 0 aliphatic heterocycles. The first-order valence-electron chi connectivity index (χ1n) is 6.64. The van der Waals surface area contributed by atoms with Crippen LogP contribution in [0.2, 0.25) is 19.6 Å². The Hall–Kier alpha value is -2.39. The molecule has 1 aromatic heterocycles. The molecule has 1 aromatic carbocycles. The van der Waals surface area contributed by atoms with Crippen molar-refractivity contribution in [2.45, 2.75) is 26.1 Å². The number of aromatic nitrogens is 1. The van der Waals surface area contributed by atoms with E-state index in [2.05, 4.69) is 32.4 Å². The van der Waals surface area contributed by atoms with Gasteiger partial charge in [-0.25, -0.2) is 0 Å². The van der Waals surface area contributed by atoms with Crippen LogP contribution in [-0.2, 0) is 6.42 Å². The number of nitriles is 1. The number of non-ortho nitro benzene ring substituents is 1. The molecule has 5 nitrogen and oxygen atoms in total. The van der Waals surface area contributed by atoms with Gasteiger partial charge in [-0.15, -0.1) is 6.58 Å². The summed E-state index contributed by atoms with van der Waals surface area (Å²) < 4.78 is 1.63. The van der Waals surface area contributed by atoms with Crippen LogP contribution in [0.25, 0.3) is 10.9 Å². The third kappa shape index (κ3) is 2.48. The first-order chi connectivity index (χ1) is 9.81. The van der Waals surface area contributed by atoms with Crippen LogP contribution < -0.4 is 5.32 Å². The molecule has 1 heterocycles. The zero-order valence-electron chi connectivity index (χ0n) is 12.4. The number of benzene rings is 1. The minimum Gasteiger partial charge on any atom is -0.258 e. The van der Waals surface area contributed by atoms with E-state index in [4.69, 9.17) is 0 Å². The number of rotatable bonds is 4. The molecule has 0 saturated heterocycles. The van der Waals surface area contributed by atoms with E-state index in [1.807, 2.05) is 0 Å². The largest absolute Gasteiger partial charge is 0.270 e. The molecule has 0 atom stereocenters. The Labute approximate surface area is 124 Å². The Balaban J connectivity index is 2.94. The van der Waals surface area contributed by atoms with Gasteiger partial charge >= 0.3 is 0 Å². The van der Waals surface area contributed by atoms with E-state index in [9.17, 15) is 15.4 Å². The van der Waals surface area contributed by atoms with E-state index in [0.717, 1.165) is 21.8 Å². The van der Waals surface area contributed by atoms with Crippen molar-refractivity contribution >= 4 is 30.0 Å². The lowest BCUT2D eigenvalue weighted by Crippen LogP contribution is -2.44. The molecule has 0 aliphatic carbocycles. The van der Waals surface area contributed by atoms with Gasteiger partial charge in [-0.1, -0.05) is 25.7 Å². The number of hydrogen-bond acceptors (Lipinski definition) is 3. The summed E-state index contributed by atoms with van der Waals surface area (Å²) in [6.45, 7) is 10.3. The number of allylic oxidation sites excluding steroid dienone is 1. The van der Waals surface area contributed by atoms with Gasteiger partial charge in [0.2, 0.25) is 0 Å². The molecule has 0 bridgehead atoms. The normalized spacial score (nSPS) is 11.3. The second kappa shape index (κ2) is 5.18. The molecule has 0 N–H and O–H groups in total. The zero-order valence-corrected chi connectivity index (χ0v) is 13.4. The fourth-order valence-corrected chi connectivity index (χ4v) is 4.68. The topological polar surface area (TPSA) is 71.9 Å². The first-order valence-corrected chi connectivity index (χ1v) is 10.1. The maximum atomic E-state index is 11.0. The minimum absolute atomic E-state index is 0.0463. The van der Waals surface area contributed by atoms with Crippen molar-refractivity contribution in [3.05, 3.63) is 46.5 Å². The molecular formula is C15H17N3O2Si. The maximum Gasteiger partial charge on any atom is 0.270 e. The summed E-state index contributed by atoms with van der Waals surface area (Å²) in [5.41, 5.74) is 1.77. The molecule has 0 amide bonds. The number of nitrogens with zero attached hydrogens (tertiary/aromatic N) is 3. The first kappa shape index (κ1) is 15.0. The molecular weight excluding hydrogens is 282 g/mol. The quantitative estimate of drug-likeness (QED) is 0.377. The van der Waals surface area contributed by atoms with Crippen LogP contribution >= 0.6 is 0 Å². The Morgan fingerprint density at radius 3 is 2.62 bits per heavy atom. The molecule has 21 heavy (non-hydrogen) atoms. The second-order valence-corrected chi connectivity index (χ2v) is 10.9. The predicted octanol–water partition coefficient (Wildman–Crippen LogP) is 3.15. The summed E-state index contributed by atoms with van der Waals surface area (Å²) >= 11 is 0. The number of fused-ring (bicyclic) bond motifs is 1. The highest BCUT2D eigenvalue weighted by molar-refractivity contribution is 6.88. The molecule has 2 rings (SSSR count). The van der Waals surface area contributed by atoms with Crippen LogP contribution in [0, 0.1) is 21.6 Å². The van der Waals surface area contributed by atoms with Crippen molar-refractivity contribution in [1.29, 1.82) is 5.26 Å². The van der Waals surface area contributed by atoms with Gasteiger partial charge in [0, 0.05) is 22.8 Å². The van der Waals surface area contributed by atoms with Crippen LogP contribution in [0.15, 0.2) is 30.9 Å². The average molecular weight is 299 g/mol. The van der Waals surface area contributed by atoms with Gasteiger partial charge in [0.1, 0.15) is 8.07 Å². The summed E-state index contributed by atoms with van der Waals surface area (Å²) in [7, 11) is -1.79. The van der Waals surface area contributed by atoms with E-state index < -0.39 is 13.0 Å². The summed E-state index contributed by atoms with van der Waals surface area (Å²) in [5, 5.41) is 22.3. The summed E-state index contributed by atoms with van der Waals surface area (Å²) in [6.07, 6.45) is 4.60.